The van der Waals surface area contributed by atoms with Crippen molar-refractivity contribution in [3.63, 3.8) is 0 Å². The molecule has 1 unspecified atom stereocenters. The number of aliphatic carboxylic acids is 2. The molecular formula is C25H40N2O8. The van der Waals surface area contributed by atoms with Crippen molar-refractivity contribution < 1.29 is 38.8 Å². The van der Waals surface area contributed by atoms with E-state index in [0.717, 1.165) is 51.1 Å². The summed E-state index contributed by atoms with van der Waals surface area (Å²) in [7, 11) is 0. The molecule has 0 saturated carbocycles. The van der Waals surface area contributed by atoms with Gasteiger partial charge < -0.3 is 24.4 Å². The molecule has 3 N–H and O–H groups in total. The van der Waals surface area contributed by atoms with Gasteiger partial charge in [0, 0.05) is 24.9 Å². The number of likely N-dealkylation sites (tertiary alicyclic amines) is 1. The molecule has 10 nitrogen and oxygen atoms in total. The average Bonchev–Trinajstić information content (AvgIpc) is 2.83. The summed E-state index contributed by atoms with van der Waals surface area (Å²) in [6.45, 7) is 8.88. The quantitative estimate of drug-likeness (QED) is 0.271. The predicted octanol–water partition coefficient (Wildman–Crippen LogP) is 4.24. The van der Waals surface area contributed by atoms with Gasteiger partial charge in [-0.15, -0.1) is 0 Å². The Hall–Kier alpha value is -2.85. The highest BCUT2D eigenvalue weighted by molar-refractivity contribution is 6.27. The zero-order valence-electron chi connectivity index (χ0n) is 20.9. The number of piperidine rings is 1. The molecule has 1 aromatic carbocycles. The Bertz CT molecular complexity index is 741. The molecule has 198 valence electrons. The maximum Gasteiger partial charge on any atom is 0.414 e. The van der Waals surface area contributed by atoms with E-state index in [1.54, 1.807) is 0 Å². The van der Waals surface area contributed by atoms with Gasteiger partial charge in [0.2, 0.25) is 0 Å². The number of ether oxygens (including phenoxy) is 3. The van der Waals surface area contributed by atoms with Gasteiger partial charge in [-0.2, -0.15) is 0 Å². The highest BCUT2D eigenvalue weighted by atomic mass is 16.6. The molecule has 2 rings (SSSR count). The van der Waals surface area contributed by atoms with Gasteiger partial charge in [0.25, 0.3) is 0 Å². The van der Waals surface area contributed by atoms with Crippen LogP contribution in [0.4, 0.5) is 10.5 Å². The van der Waals surface area contributed by atoms with Crippen LogP contribution in [-0.2, 0) is 19.1 Å². The minimum atomic E-state index is -1.82. The Kier molecular flexibility index (Phi) is 15.9. The highest BCUT2D eigenvalue weighted by Crippen LogP contribution is 2.18. The molecular weight excluding hydrogens is 456 g/mol. The lowest BCUT2D eigenvalue weighted by molar-refractivity contribution is -0.159. The van der Waals surface area contributed by atoms with E-state index in [0.29, 0.717) is 25.5 Å². The molecule has 0 spiro atoms. The molecule has 10 heteroatoms. The van der Waals surface area contributed by atoms with Crippen LogP contribution < -0.4 is 10.1 Å². The number of nitrogens with one attached hydrogen (secondary N) is 1. The molecule has 1 atom stereocenters. The minimum absolute atomic E-state index is 0.270. The van der Waals surface area contributed by atoms with Crippen molar-refractivity contribution in [1.82, 2.24) is 4.90 Å². The number of amides is 1. The zero-order chi connectivity index (χ0) is 25.9. The molecule has 1 saturated heterocycles. The third-order valence-corrected chi connectivity index (χ3v) is 5.12. The Labute approximate surface area is 207 Å². The van der Waals surface area contributed by atoms with Crippen LogP contribution in [-0.4, -0.2) is 78.7 Å². The number of anilines is 1. The van der Waals surface area contributed by atoms with Crippen LogP contribution in [0.15, 0.2) is 24.3 Å². The molecule has 1 fully saturated rings. The number of hydrogen-bond donors (Lipinski definition) is 3. The van der Waals surface area contributed by atoms with Gasteiger partial charge in [0.1, 0.15) is 11.9 Å². The van der Waals surface area contributed by atoms with Crippen molar-refractivity contribution in [2.24, 2.45) is 0 Å². The lowest BCUT2D eigenvalue weighted by Crippen LogP contribution is -2.41. The minimum Gasteiger partial charge on any atom is -0.494 e. The standard InChI is InChI=1S/C23H38N2O4.C2H2O4/c1-3-5-9-16-28-21-12-10-11-20(17-21)24-23(26)29-22(19-27-15-4-2)18-25-13-7-6-8-14-25;3-1(4)2(5)6/h10-12,17,22H,3-9,13-16,18-19H2,1-2H3,(H,24,26);(H,3,4)(H,5,6). The summed E-state index contributed by atoms with van der Waals surface area (Å²) in [5.41, 5.74) is 0.675. The number of carbonyl (C=O) groups is 3. The van der Waals surface area contributed by atoms with E-state index in [1.807, 2.05) is 24.3 Å². The van der Waals surface area contributed by atoms with E-state index in [2.05, 4.69) is 24.1 Å². The number of carboxylic acids is 2. The van der Waals surface area contributed by atoms with E-state index < -0.39 is 18.0 Å². The number of unbranched alkanes of at least 4 members (excludes halogenated alkanes) is 2. The number of carboxylic acid groups (broad SMARTS) is 2. The zero-order valence-corrected chi connectivity index (χ0v) is 20.9. The molecule has 0 aliphatic carbocycles. The monoisotopic (exact) mass is 496 g/mol. The van der Waals surface area contributed by atoms with E-state index >= 15 is 0 Å². The fourth-order valence-corrected chi connectivity index (χ4v) is 3.42. The van der Waals surface area contributed by atoms with Gasteiger partial charge in [-0.3, -0.25) is 10.2 Å². The van der Waals surface area contributed by atoms with Crippen molar-refractivity contribution >= 4 is 23.7 Å². The predicted molar refractivity (Wildman–Crippen MR) is 132 cm³/mol. The van der Waals surface area contributed by atoms with Gasteiger partial charge >= 0.3 is 18.0 Å². The van der Waals surface area contributed by atoms with Gasteiger partial charge in [0.15, 0.2) is 0 Å². The normalized spacial score (nSPS) is 14.2. The Morgan fingerprint density at radius 2 is 1.71 bits per heavy atom. The Balaban J connectivity index is 0.000000905. The molecule has 1 aliphatic heterocycles. The van der Waals surface area contributed by atoms with Crippen LogP contribution in [0.3, 0.4) is 0 Å². The average molecular weight is 497 g/mol. The number of carbonyl (C=O) groups excluding carboxylic acids is 1. The fourth-order valence-electron chi connectivity index (χ4n) is 3.42. The second-order valence-corrected chi connectivity index (χ2v) is 8.28. The number of nitrogens with zero attached hydrogens (tertiary/aromatic N) is 1. The van der Waals surface area contributed by atoms with Crippen molar-refractivity contribution in [2.45, 2.75) is 64.9 Å². The fraction of sp³-hybridized carbons (Fsp3) is 0.640. The van der Waals surface area contributed by atoms with Gasteiger partial charge in [-0.05, 0) is 50.9 Å². The molecule has 1 aliphatic rings. The highest BCUT2D eigenvalue weighted by Gasteiger charge is 2.20. The maximum absolute atomic E-state index is 12.5. The molecule has 0 bridgehead atoms. The SMILES string of the molecule is CCCCCOc1cccc(NC(=O)OC(COCCC)CN2CCCCC2)c1.O=C(O)C(=O)O. The van der Waals surface area contributed by atoms with Crippen molar-refractivity contribution in [2.75, 3.05) is 44.8 Å². The molecule has 1 amide bonds. The Morgan fingerprint density at radius 3 is 2.34 bits per heavy atom. The van der Waals surface area contributed by atoms with Crippen molar-refractivity contribution in [3.05, 3.63) is 24.3 Å². The maximum atomic E-state index is 12.5. The van der Waals surface area contributed by atoms with Crippen LogP contribution in [0.25, 0.3) is 0 Å². The first kappa shape index (κ1) is 30.2. The summed E-state index contributed by atoms with van der Waals surface area (Å²) in [6.07, 6.45) is 7.29. The molecule has 1 heterocycles. The van der Waals surface area contributed by atoms with Crippen molar-refractivity contribution in [3.8, 4) is 5.75 Å². The van der Waals surface area contributed by atoms with Crippen LogP contribution >= 0.6 is 0 Å². The van der Waals surface area contributed by atoms with E-state index in [4.69, 9.17) is 34.0 Å². The largest absolute Gasteiger partial charge is 0.494 e. The second-order valence-electron chi connectivity index (χ2n) is 8.28. The molecule has 0 aromatic heterocycles. The van der Waals surface area contributed by atoms with Gasteiger partial charge in [-0.1, -0.05) is 39.2 Å². The first-order chi connectivity index (χ1) is 16.8. The Morgan fingerprint density at radius 1 is 1.00 bits per heavy atom. The molecule has 0 radical (unpaired) electrons. The van der Waals surface area contributed by atoms with E-state index in [-0.39, 0.29) is 6.10 Å². The first-order valence-electron chi connectivity index (χ1n) is 12.3. The summed E-state index contributed by atoms with van der Waals surface area (Å²) in [5, 5.41) is 17.6. The summed E-state index contributed by atoms with van der Waals surface area (Å²) in [4.78, 5) is 33.0. The van der Waals surface area contributed by atoms with Crippen molar-refractivity contribution in [1.29, 1.82) is 0 Å². The second kappa shape index (κ2) is 18.5. The van der Waals surface area contributed by atoms with Crippen LogP contribution in [0.5, 0.6) is 5.75 Å². The van der Waals surface area contributed by atoms with Crippen LogP contribution in [0, 0.1) is 0 Å². The van der Waals surface area contributed by atoms with Crippen LogP contribution in [0.2, 0.25) is 0 Å². The smallest absolute Gasteiger partial charge is 0.414 e. The third kappa shape index (κ3) is 14.9. The van der Waals surface area contributed by atoms with E-state index in [9.17, 15) is 4.79 Å². The number of rotatable bonds is 13. The third-order valence-electron chi connectivity index (χ3n) is 5.12. The number of hydrogen-bond acceptors (Lipinski definition) is 7. The van der Waals surface area contributed by atoms with Gasteiger partial charge in [-0.25, -0.2) is 14.4 Å². The molecule has 1 aromatic rings. The van der Waals surface area contributed by atoms with E-state index in [1.165, 1.54) is 19.3 Å². The topological polar surface area (TPSA) is 135 Å². The summed E-state index contributed by atoms with van der Waals surface area (Å²) >= 11 is 0. The summed E-state index contributed by atoms with van der Waals surface area (Å²) in [5.74, 6) is -2.89. The van der Waals surface area contributed by atoms with Gasteiger partial charge in [0.05, 0.1) is 13.2 Å². The first-order valence-corrected chi connectivity index (χ1v) is 12.3. The summed E-state index contributed by atoms with van der Waals surface area (Å²) in [6, 6.07) is 7.45. The molecule has 35 heavy (non-hydrogen) atoms. The lowest BCUT2D eigenvalue weighted by atomic mass is 10.1. The van der Waals surface area contributed by atoms with Crippen LogP contribution in [0.1, 0.15) is 58.8 Å². The number of benzene rings is 1. The summed E-state index contributed by atoms with van der Waals surface area (Å²) < 4.78 is 17.1. The lowest BCUT2D eigenvalue weighted by Gasteiger charge is -2.30.